The first-order chi connectivity index (χ1) is 12.3. The Bertz CT molecular complexity index is 852. The normalized spacial score (nSPS) is 11.7. The van der Waals surface area contributed by atoms with Crippen molar-refractivity contribution in [1.82, 2.24) is 25.4 Å². The molecule has 1 heterocycles. The molecule has 3 aromatic rings. The number of rotatable bonds is 6. The first-order valence-electron chi connectivity index (χ1n) is 8.59. The van der Waals surface area contributed by atoms with E-state index in [1.165, 1.54) is 16.3 Å². The highest BCUT2D eigenvalue weighted by molar-refractivity contribution is 5.83. The fourth-order valence-corrected chi connectivity index (χ4v) is 2.79. The number of hydrogen-bond donors (Lipinski definition) is 2. The number of hydrogen-bond acceptors (Lipinski definition) is 3. The molecular weight excluding hydrogens is 312 g/mol. The van der Waals surface area contributed by atoms with Crippen molar-refractivity contribution in [1.29, 1.82) is 0 Å². The summed E-state index contributed by atoms with van der Waals surface area (Å²) >= 11 is 0. The Morgan fingerprint density at radius 2 is 1.96 bits per heavy atom. The molecule has 6 nitrogen and oxygen atoms in total. The number of aliphatic imine (C=N–C) groups is 1. The van der Waals surface area contributed by atoms with E-state index in [-0.39, 0.29) is 0 Å². The van der Waals surface area contributed by atoms with E-state index in [4.69, 9.17) is 0 Å². The van der Waals surface area contributed by atoms with Gasteiger partial charge < -0.3 is 15.2 Å². The number of nitrogens with one attached hydrogen (secondary N) is 2. The van der Waals surface area contributed by atoms with Crippen molar-refractivity contribution in [3.05, 3.63) is 60.2 Å². The lowest BCUT2D eigenvalue weighted by Crippen LogP contribution is -2.38. The summed E-state index contributed by atoms with van der Waals surface area (Å²) < 4.78 is 2.06. The quantitative estimate of drug-likeness (QED) is 0.536. The molecular formula is C19H24N6. The molecule has 0 spiro atoms. The second-order valence-corrected chi connectivity index (χ2v) is 5.83. The third kappa shape index (κ3) is 4.35. The van der Waals surface area contributed by atoms with Crippen molar-refractivity contribution < 1.29 is 0 Å². The molecule has 0 unspecified atom stereocenters. The topological polar surface area (TPSA) is 67.1 Å². The molecule has 1 aromatic heterocycles. The van der Waals surface area contributed by atoms with Crippen LogP contribution in [0.25, 0.3) is 10.8 Å². The zero-order chi connectivity index (χ0) is 17.5. The van der Waals surface area contributed by atoms with Gasteiger partial charge in [-0.1, -0.05) is 43.3 Å². The Labute approximate surface area is 148 Å². The van der Waals surface area contributed by atoms with Gasteiger partial charge in [0.2, 0.25) is 0 Å². The maximum Gasteiger partial charge on any atom is 0.191 e. The Kier molecular flexibility index (Phi) is 5.61. The minimum atomic E-state index is 0.733. The summed E-state index contributed by atoms with van der Waals surface area (Å²) in [6.07, 6.45) is 2.65. The third-order valence-electron chi connectivity index (χ3n) is 4.15. The first kappa shape index (κ1) is 17.0. The summed E-state index contributed by atoms with van der Waals surface area (Å²) in [7, 11) is 1.78. The second-order valence-electron chi connectivity index (χ2n) is 5.83. The zero-order valence-electron chi connectivity index (χ0n) is 14.7. The van der Waals surface area contributed by atoms with Crippen LogP contribution in [0.5, 0.6) is 0 Å². The van der Waals surface area contributed by atoms with Crippen LogP contribution >= 0.6 is 0 Å². The van der Waals surface area contributed by atoms with Gasteiger partial charge in [-0.25, -0.2) is 0 Å². The van der Waals surface area contributed by atoms with Gasteiger partial charge in [0.05, 0.1) is 0 Å². The van der Waals surface area contributed by atoms with Crippen LogP contribution in [-0.4, -0.2) is 34.3 Å². The highest BCUT2D eigenvalue weighted by Gasteiger charge is 2.03. The van der Waals surface area contributed by atoms with Gasteiger partial charge in [0.1, 0.15) is 12.2 Å². The lowest BCUT2D eigenvalue weighted by atomic mass is 10.1. The van der Waals surface area contributed by atoms with E-state index in [0.717, 1.165) is 37.8 Å². The predicted octanol–water partition coefficient (Wildman–Crippen LogP) is 2.36. The Balaban J connectivity index is 1.51. The molecule has 6 heteroatoms. The molecule has 130 valence electrons. The van der Waals surface area contributed by atoms with Crippen molar-refractivity contribution in [2.75, 3.05) is 13.6 Å². The van der Waals surface area contributed by atoms with Gasteiger partial charge in [0, 0.05) is 33.1 Å². The van der Waals surface area contributed by atoms with Crippen LogP contribution in [0.2, 0.25) is 0 Å². The fraction of sp³-hybridized carbons (Fsp3) is 0.316. The summed E-state index contributed by atoms with van der Waals surface area (Å²) in [6.45, 7) is 4.39. The minimum absolute atomic E-state index is 0.733. The summed E-state index contributed by atoms with van der Waals surface area (Å²) in [5, 5.41) is 17.2. The number of guanidine groups is 1. The van der Waals surface area contributed by atoms with Crippen molar-refractivity contribution in [2.45, 2.75) is 26.4 Å². The van der Waals surface area contributed by atoms with E-state index < -0.39 is 0 Å². The highest BCUT2D eigenvalue weighted by atomic mass is 15.3. The molecule has 0 bridgehead atoms. The molecule has 25 heavy (non-hydrogen) atoms. The molecule has 0 aliphatic rings. The standard InChI is InChI=1S/C19H24N6/c1-3-18-24-23-14-25(18)11-10-21-19(20-2)22-13-15-8-9-16-6-4-5-7-17(16)12-15/h4-9,12,14H,3,10-11,13H2,1-2H3,(H2,20,21,22). The second kappa shape index (κ2) is 8.28. The van der Waals surface area contributed by atoms with Crippen LogP contribution in [0.4, 0.5) is 0 Å². The lowest BCUT2D eigenvalue weighted by Gasteiger charge is -2.13. The maximum absolute atomic E-state index is 4.28. The summed E-state index contributed by atoms with van der Waals surface area (Å²) in [6, 6.07) is 14.9. The van der Waals surface area contributed by atoms with Crippen LogP contribution < -0.4 is 10.6 Å². The number of fused-ring (bicyclic) bond motifs is 1. The van der Waals surface area contributed by atoms with Gasteiger partial charge in [0.25, 0.3) is 0 Å². The average molecular weight is 336 g/mol. The Morgan fingerprint density at radius 1 is 1.12 bits per heavy atom. The molecule has 0 radical (unpaired) electrons. The van der Waals surface area contributed by atoms with E-state index >= 15 is 0 Å². The summed E-state index contributed by atoms with van der Waals surface area (Å²) in [5.74, 6) is 1.79. The lowest BCUT2D eigenvalue weighted by molar-refractivity contribution is 0.632. The third-order valence-corrected chi connectivity index (χ3v) is 4.15. The van der Waals surface area contributed by atoms with Crippen molar-refractivity contribution >= 4 is 16.7 Å². The first-order valence-corrected chi connectivity index (χ1v) is 8.59. The van der Waals surface area contributed by atoms with E-state index in [1.54, 1.807) is 13.4 Å². The molecule has 0 atom stereocenters. The summed E-state index contributed by atoms with van der Waals surface area (Å²) in [5.41, 5.74) is 1.23. The van der Waals surface area contributed by atoms with E-state index in [2.05, 4.69) is 79.8 Å². The molecule has 0 saturated heterocycles. The van der Waals surface area contributed by atoms with Crippen LogP contribution in [0.3, 0.4) is 0 Å². The van der Waals surface area contributed by atoms with Gasteiger partial charge in [-0.2, -0.15) is 0 Å². The van der Waals surface area contributed by atoms with Crippen LogP contribution in [-0.2, 0) is 19.5 Å². The molecule has 0 aliphatic heterocycles. The number of aromatic nitrogens is 3. The van der Waals surface area contributed by atoms with Crippen LogP contribution in [0.15, 0.2) is 53.8 Å². The van der Waals surface area contributed by atoms with Crippen molar-refractivity contribution in [3.8, 4) is 0 Å². The zero-order valence-corrected chi connectivity index (χ0v) is 14.7. The predicted molar refractivity (Wildman–Crippen MR) is 102 cm³/mol. The van der Waals surface area contributed by atoms with Gasteiger partial charge >= 0.3 is 0 Å². The van der Waals surface area contributed by atoms with Crippen LogP contribution in [0.1, 0.15) is 18.3 Å². The van der Waals surface area contributed by atoms with Gasteiger partial charge in [-0.15, -0.1) is 10.2 Å². The molecule has 0 saturated carbocycles. The number of benzene rings is 2. The minimum Gasteiger partial charge on any atom is -0.355 e. The molecule has 2 aromatic carbocycles. The molecule has 3 rings (SSSR count). The Hall–Kier alpha value is -2.89. The van der Waals surface area contributed by atoms with E-state index in [1.807, 2.05) is 0 Å². The largest absolute Gasteiger partial charge is 0.355 e. The van der Waals surface area contributed by atoms with Gasteiger partial charge in [-0.3, -0.25) is 4.99 Å². The maximum atomic E-state index is 4.28. The fourth-order valence-electron chi connectivity index (χ4n) is 2.79. The monoisotopic (exact) mass is 336 g/mol. The van der Waals surface area contributed by atoms with Gasteiger partial charge in [0.15, 0.2) is 5.96 Å². The highest BCUT2D eigenvalue weighted by Crippen LogP contribution is 2.15. The van der Waals surface area contributed by atoms with Crippen molar-refractivity contribution in [2.24, 2.45) is 4.99 Å². The average Bonchev–Trinajstić information content (AvgIpc) is 3.11. The van der Waals surface area contributed by atoms with Crippen molar-refractivity contribution in [3.63, 3.8) is 0 Å². The van der Waals surface area contributed by atoms with Crippen LogP contribution in [0, 0.1) is 0 Å². The number of nitrogens with zero attached hydrogens (tertiary/aromatic N) is 4. The van der Waals surface area contributed by atoms with E-state index in [0.29, 0.717) is 0 Å². The molecule has 0 aliphatic carbocycles. The van der Waals surface area contributed by atoms with E-state index in [9.17, 15) is 0 Å². The molecule has 2 N–H and O–H groups in total. The molecule has 0 amide bonds. The Morgan fingerprint density at radius 3 is 2.76 bits per heavy atom. The summed E-state index contributed by atoms with van der Waals surface area (Å²) in [4.78, 5) is 4.28. The molecule has 0 fully saturated rings. The SMILES string of the molecule is CCc1nncn1CCNC(=NC)NCc1ccc2ccccc2c1. The smallest absolute Gasteiger partial charge is 0.191 e. The van der Waals surface area contributed by atoms with Gasteiger partial charge in [-0.05, 0) is 22.4 Å². The number of aryl methyl sites for hydroxylation is 1.